The molecule has 21 heavy (non-hydrogen) atoms. The van der Waals surface area contributed by atoms with E-state index >= 15 is 0 Å². The van der Waals surface area contributed by atoms with E-state index in [0.29, 0.717) is 5.02 Å². The maximum absolute atomic E-state index is 6.01. The second-order valence-corrected chi connectivity index (χ2v) is 5.66. The number of hydrazine groups is 1. The van der Waals surface area contributed by atoms with Gasteiger partial charge in [0, 0.05) is 10.6 Å². The minimum absolute atomic E-state index is 0.0284. The lowest BCUT2D eigenvalue weighted by Crippen LogP contribution is -2.30. The molecule has 1 unspecified atom stereocenters. The Morgan fingerprint density at radius 2 is 1.90 bits per heavy atom. The summed E-state index contributed by atoms with van der Waals surface area (Å²) in [5.74, 6) is 6.49. The SMILES string of the molecule is COc1cc(Cl)ccc1C(Cc1ccc(C)c(C)c1)NN. The van der Waals surface area contributed by atoms with Crippen LogP contribution >= 0.6 is 11.6 Å². The monoisotopic (exact) mass is 304 g/mol. The highest BCUT2D eigenvalue weighted by Crippen LogP contribution is 2.30. The highest BCUT2D eigenvalue weighted by Gasteiger charge is 2.16. The number of hydrogen-bond donors (Lipinski definition) is 2. The summed E-state index contributed by atoms with van der Waals surface area (Å²) in [6.07, 6.45) is 0.787. The van der Waals surface area contributed by atoms with E-state index < -0.39 is 0 Å². The van der Waals surface area contributed by atoms with E-state index in [9.17, 15) is 0 Å². The van der Waals surface area contributed by atoms with Gasteiger partial charge in [0.05, 0.1) is 13.2 Å². The molecular formula is C17H21ClN2O. The first-order valence-corrected chi connectivity index (χ1v) is 7.28. The molecule has 3 N–H and O–H groups in total. The molecule has 112 valence electrons. The number of methoxy groups -OCH3 is 1. The van der Waals surface area contributed by atoms with Crippen molar-refractivity contribution in [1.82, 2.24) is 5.43 Å². The predicted molar refractivity (Wildman–Crippen MR) is 87.7 cm³/mol. The van der Waals surface area contributed by atoms with E-state index in [1.807, 2.05) is 18.2 Å². The lowest BCUT2D eigenvalue weighted by Gasteiger charge is -2.20. The van der Waals surface area contributed by atoms with Gasteiger partial charge in [-0.05, 0) is 49.1 Å². The number of aryl methyl sites for hydroxylation is 2. The number of rotatable bonds is 5. The summed E-state index contributed by atoms with van der Waals surface area (Å²) < 4.78 is 5.41. The molecule has 2 aromatic carbocycles. The minimum atomic E-state index is -0.0284. The Morgan fingerprint density at radius 1 is 1.14 bits per heavy atom. The fraction of sp³-hybridized carbons (Fsp3) is 0.294. The van der Waals surface area contributed by atoms with Crippen LogP contribution in [-0.4, -0.2) is 7.11 Å². The standard InChI is InChI=1S/C17H21ClN2O/c1-11-4-5-13(8-12(11)2)9-16(20-19)15-7-6-14(18)10-17(15)21-3/h4-8,10,16,20H,9,19H2,1-3H3. The van der Waals surface area contributed by atoms with Gasteiger partial charge in [-0.25, -0.2) is 0 Å². The second kappa shape index (κ2) is 6.94. The van der Waals surface area contributed by atoms with Gasteiger partial charge in [0.25, 0.3) is 0 Å². The molecule has 0 saturated carbocycles. The quantitative estimate of drug-likeness (QED) is 0.654. The van der Waals surface area contributed by atoms with Crippen LogP contribution in [0.2, 0.25) is 5.02 Å². The highest BCUT2D eigenvalue weighted by molar-refractivity contribution is 6.30. The van der Waals surface area contributed by atoms with Crippen LogP contribution in [0.25, 0.3) is 0 Å². The Balaban J connectivity index is 2.29. The Kier molecular flexibility index (Phi) is 5.23. The van der Waals surface area contributed by atoms with Crippen LogP contribution in [-0.2, 0) is 6.42 Å². The van der Waals surface area contributed by atoms with Crippen LogP contribution in [0.5, 0.6) is 5.75 Å². The van der Waals surface area contributed by atoms with Crippen molar-refractivity contribution in [3.05, 3.63) is 63.7 Å². The zero-order valence-electron chi connectivity index (χ0n) is 12.6. The fourth-order valence-electron chi connectivity index (χ4n) is 2.40. The van der Waals surface area contributed by atoms with Crippen molar-refractivity contribution in [1.29, 1.82) is 0 Å². The molecule has 0 fully saturated rings. The zero-order chi connectivity index (χ0) is 15.4. The van der Waals surface area contributed by atoms with Crippen LogP contribution in [0.15, 0.2) is 36.4 Å². The summed E-state index contributed by atoms with van der Waals surface area (Å²) in [7, 11) is 1.64. The van der Waals surface area contributed by atoms with Crippen molar-refractivity contribution >= 4 is 11.6 Å². The third-order valence-electron chi connectivity index (χ3n) is 3.78. The summed E-state index contributed by atoms with van der Waals surface area (Å²) >= 11 is 6.01. The summed E-state index contributed by atoms with van der Waals surface area (Å²) in [6.45, 7) is 4.23. The molecule has 0 radical (unpaired) electrons. The normalized spacial score (nSPS) is 12.2. The molecule has 3 nitrogen and oxygen atoms in total. The number of nitrogens with two attached hydrogens (primary N) is 1. The van der Waals surface area contributed by atoms with Crippen LogP contribution in [0.1, 0.15) is 28.3 Å². The van der Waals surface area contributed by atoms with Crippen LogP contribution < -0.4 is 16.0 Å². The van der Waals surface area contributed by atoms with E-state index in [2.05, 4.69) is 37.5 Å². The van der Waals surface area contributed by atoms with Gasteiger partial charge in [-0.2, -0.15) is 0 Å². The van der Waals surface area contributed by atoms with Gasteiger partial charge in [0.2, 0.25) is 0 Å². The third-order valence-corrected chi connectivity index (χ3v) is 4.02. The van der Waals surface area contributed by atoms with Gasteiger partial charge in [0.1, 0.15) is 5.75 Å². The largest absolute Gasteiger partial charge is 0.496 e. The van der Waals surface area contributed by atoms with Crippen molar-refractivity contribution in [2.45, 2.75) is 26.3 Å². The third kappa shape index (κ3) is 3.76. The van der Waals surface area contributed by atoms with E-state index in [1.165, 1.54) is 16.7 Å². The Labute approximate surface area is 131 Å². The Morgan fingerprint density at radius 3 is 2.52 bits per heavy atom. The lowest BCUT2D eigenvalue weighted by molar-refractivity contribution is 0.399. The summed E-state index contributed by atoms with van der Waals surface area (Å²) in [5, 5.41) is 0.651. The average Bonchev–Trinajstić information content (AvgIpc) is 2.48. The first-order chi connectivity index (χ1) is 10.0. The van der Waals surface area contributed by atoms with Crippen molar-refractivity contribution in [2.75, 3.05) is 7.11 Å². The highest BCUT2D eigenvalue weighted by atomic mass is 35.5. The van der Waals surface area contributed by atoms with Crippen LogP contribution in [0.4, 0.5) is 0 Å². The second-order valence-electron chi connectivity index (χ2n) is 5.23. The molecular weight excluding hydrogens is 284 g/mol. The summed E-state index contributed by atoms with van der Waals surface area (Å²) in [5.41, 5.74) is 7.68. The predicted octanol–water partition coefficient (Wildman–Crippen LogP) is 3.71. The van der Waals surface area contributed by atoms with Gasteiger partial charge in [0.15, 0.2) is 0 Å². The lowest BCUT2D eigenvalue weighted by atomic mass is 9.96. The molecule has 0 aromatic heterocycles. The van der Waals surface area contributed by atoms with E-state index in [1.54, 1.807) is 7.11 Å². The van der Waals surface area contributed by atoms with Gasteiger partial charge < -0.3 is 4.74 Å². The molecule has 2 aromatic rings. The molecule has 0 saturated heterocycles. The van der Waals surface area contributed by atoms with Crippen molar-refractivity contribution < 1.29 is 4.74 Å². The first kappa shape index (κ1) is 15.8. The smallest absolute Gasteiger partial charge is 0.125 e. The molecule has 0 amide bonds. The van der Waals surface area contributed by atoms with Crippen molar-refractivity contribution in [3.8, 4) is 5.75 Å². The summed E-state index contributed by atoms with van der Waals surface area (Å²) in [4.78, 5) is 0. The maximum atomic E-state index is 6.01. The Bertz CT molecular complexity index is 628. The molecule has 4 heteroatoms. The molecule has 0 heterocycles. The number of ether oxygens (including phenoxy) is 1. The molecule has 1 atom stereocenters. The number of nitrogens with one attached hydrogen (secondary N) is 1. The average molecular weight is 305 g/mol. The first-order valence-electron chi connectivity index (χ1n) is 6.91. The van der Waals surface area contributed by atoms with Crippen LogP contribution in [0.3, 0.4) is 0 Å². The molecule has 0 aliphatic carbocycles. The molecule has 0 bridgehead atoms. The number of hydrogen-bond acceptors (Lipinski definition) is 3. The van der Waals surface area contributed by atoms with E-state index in [4.69, 9.17) is 22.2 Å². The topological polar surface area (TPSA) is 47.3 Å². The molecule has 0 aliphatic heterocycles. The van der Waals surface area contributed by atoms with E-state index in [0.717, 1.165) is 17.7 Å². The molecule has 2 rings (SSSR count). The van der Waals surface area contributed by atoms with Gasteiger partial charge in [-0.3, -0.25) is 11.3 Å². The fourth-order valence-corrected chi connectivity index (χ4v) is 2.56. The van der Waals surface area contributed by atoms with Gasteiger partial charge in [-0.1, -0.05) is 35.9 Å². The number of benzene rings is 2. The minimum Gasteiger partial charge on any atom is -0.496 e. The molecule has 0 spiro atoms. The zero-order valence-corrected chi connectivity index (χ0v) is 13.4. The van der Waals surface area contributed by atoms with Crippen LogP contribution in [0, 0.1) is 13.8 Å². The Hall–Kier alpha value is -1.55. The number of halogens is 1. The van der Waals surface area contributed by atoms with Gasteiger partial charge in [-0.15, -0.1) is 0 Å². The van der Waals surface area contributed by atoms with Crippen molar-refractivity contribution in [2.24, 2.45) is 5.84 Å². The molecule has 0 aliphatic rings. The summed E-state index contributed by atoms with van der Waals surface area (Å²) in [6, 6.07) is 12.0. The van der Waals surface area contributed by atoms with Gasteiger partial charge >= 0.3 is 0 Å². The maximum Gasteiger partial charge on any atom is 0.125 e. The van der Waals surface area contributed by atoms with E-state index in [-0.39, 0.29) is 6.04 Å². The van der Waals surface area contributed by atoms with Crippen molar-refractivity contribution in [3.63, 3.8) is 0 Å².